The number of hydrogen-bond acceptors (Lipinski definition) is 6. The fraction of sp³-hybridized carbons (Fsp3) is 1.00. The molecule has 0 saturated heterocycles. The van der Waals surface area contributed by atoms with Gasteiger partial charge in [-0.15, -0.1) is 0 Å². The van der Waals surface area contributed by atoms with Crippen molar-refractivity contribution in [2.45, 2.75) is 20.0 Å². The summed E-state index contributed by atoms with van der Waals surface area (Å²) in [4.78, 5) is 0. The van der Waals surface area contributed by atoms with Gasteiger partial charge in [0.15, 0.2) is 0 Å². The second kappa shape index (κ2) is 15.8. The normalized spacial score (nSPS) is 12.8. The lowest BCUT2D eigenvalue weighted by Crippen LogP contribution is -2.15. The number of aliphatic hydroxyl groups is 1. The molecule has 0 amide bonds. The van der Waals surface area contributed by atoms with E-state index in [0.29, 0.717) is 59.5 Å². The van der Waals surface area contributed by atoms with Crippen LogP contribution in [-0.2, 0) is 23.7 Å². The fourth-order valence-electron chi connectivity index (χ4n) is 1.18. The monoisotopic (exact) mass is 280 g/mol. The summed E-state index contributed by atoms with van der Waals surface area (Å²) in [7, 11) is 0. The minimum atomic E-state index is -0.425. The van der Waals surface area contributed by atoms with E-state index in [2.05, 4.69) is 0 Å². The molecule has 0 aliphatic heterocycles. The average Bonchev–Trinajstić information content (AvgIpc) is 2.39. The third-order valence-corrected chi connectivity index (χ3v) is 2.05. The molecule has 0 aliphatic carbocycles. The van der Waals surface area contributed by atoms with E-state index < -0.39 is 6.10 Å². The Morgan fingerprint density at radius 1 is 0.684 bits per heavy atom. The van der Waals surface area contributed by atoms with Crippen LogP contribution < -0.4 is 0 Å². The molecule has 0 fully saturated rings. The number of hydrogen-bond donors (Lipinski definition) is 1. The molecule has 116 valence electrons. The van der Waals surface area contributed by atoms with E-state index in [0.717, 1.165) is 6.61 Å². The van der Waals surface area contributed by atoms with Crippen LogP contribution in [0, 0.1) is 0 Å². The van der Waals surface area contributed by atoms with Gasteiger partial charge < -0.3 is 28.8 Å². The highest BCUT2D eigenvalue weighted by Gasteiger charge is 1.95. The van der Waals surface area contributed by atoms with Crippen molar-refractivity contribution in [3.8, 4) is 0 Å². The molecule has 0 aromatic heterocycles. The molecule has 6 nitrogen and oxygen atoms in total. The lowest BCUT2D eigenvalue weighted by atomic mass is 10.4. The molecule has 19 heavy (non-hydrogen) atoms. The Hall–Kier alpha value is -0.240. The van der Waals surface area contributed by atoms with Crippen LogP contribution in [0.2, 0.25) is 0 Å². The van der Waals surface area contributed by atoms with Gasteiger partial charge in [-0.3, -0.25) is 0 Å². The maximum atomic E-state index is 8.94. The van der Waals surface area contributed by atoms with Crippen LogP contribution in [0.15, 0.2) is 0 Å². The quantitative estimate of drug-likeness (QED) is 0.440. The van der Waals surface area contributed by atoms with Crippen LogP contribution in [0.5, 0.6) is 0 Å². The van der Waals surface area contributed by atoms with Crippen LogP contribution in [0.1, 0.15) is 13.8 Å². The first kappa shape index (κ1) is 18.8. The van der Waals surface area contributed by atoms with Crippen molar-refractivity contribution in [2.24, 2.45) is 0 Å². The smallest absolute Gasteiger partial charge is 0.0745 e. The molecule has 0 spiro atoms. The van der Waals surface area contributed by atoms with Gasteiger partial charge in [0.25, 0.3) is 0 Å². The fourth-order valence-corrected chi connectivity index (χ4v) is 1.18. The largest absolute Gasteiger partial charge is 0.391 e. The zero-order valence-electron chi connectivity index (χ0n) is 12.1. The number of aliphatic hydroxyl groups excluding tert-OH is 1. The molecule has 1 atom stereocenters. The summed E-state index contributed by atoms with van der Waals surface area (Å²) < 4.78 is 26.1. The van der Waals surface area contributed by atoms with Crippen LogP contribution in [-0.4, -0.2) is 77.3 Å². The molecule has 0 bridgehead atoms. The van der Waals surface area contributed by atoms with Gasteiger partial charge in [0.05, 0.1) is 65.6 Å². The molecule has 0 heterocycles. The number of rotatable bonds is 15. The molecule has 0 rings (SSSR count). The topological polar surface area (TPSA) is 66.4 Å². The summed E-state index contributed by atoms with van der Waals surface area (Å²) >= 11 is 0. The highest BCUT2D eigenvalue weighted by atomic mass is 16.6. The summed E-state index contributed by atoms with van der Waals surface area (Å²) in [6, 6.07) is 0. The zero-order chi connectivity index (χ0) is 14.2. The first-order valence-corrected chi connectivity index (χ1v) is 6.84. The molecule has 0 aromatic carbocycles. The summed E-state index contributed by atoms with van der Waals surface area (Å²) in [6.45, 7) is 9.17. The van der Waals surface area contributed by atoms with Gasteiger partial charge in [-0.05, 0) is 13.8 Å². The Labute approximate surface area is 115 Å². The highest BCUT2D eigenvalue weighted by molar-refractivity contribution is 4.41. The summed E-state index contributed by atoms with van der Waals surface area (Å²) in [5.41, 5.74) is 0. The second-order valence-corrected chi connectivity index (χ2v) is 3.96. The van der Waals surface area contributed by atoms with E-state index in [1.165, 1.54) is 0 Å². The van der Waals surface area contributed by atoms with Crippen LogP contribution in [0.4, 0.5) is 0 Å². The molecule has 0 saturated carbocycles. The van der Waals surface area contributed by atoms with Crippen molar-refractivity contribution in [2.75, 3.05) is 66.1 Å². The van der Waals surface area contributed by atoms with Crippen molar-refractivity contribution in [3.05, 3.63) is 0 Å². The Kier molecular flexibility index (Phi) is 15.6. The van der Waals surface area contributed by atoms with Gasteiger partial charge in [0.2, 0.25) is 0 Å². The maximum absolute atomic E-state index is 8.94. The number of ether oxygens (including phenoxy) is 5. The van der Waals surface area contributed by atoms with Crippen molar-refractivity contribution >= 4 is 0 Å². The van der Waals surface area contributed by atoms with Gasteiger partial charge >= 0.3 is 0 Å². The van der Waals surface area contributed by atoms with Gasteiger partial charge in [0.1, 0.15) is 0 Å². The second-order valence-electron chi connectivity index (χ2n) is 3.96. The van der Waals surface area contributed by atoms with Gasteiger partial charge in [0, 0.05) is 6.61 Å². The minimum absolute atomic E-state index is 0.346. The zero-order valence-corrected chi connectivity index (χ0v) is 12.1. The third kappa shape index (κ3) is 17.8. The van der Waals surface area contributed by atoms with Gasteiger partial charge in [-0.25, -0.2) is 0 Å². The van der Waals surface area contributed by atoms with Crippen molar-refractivity contribution < 1.29 is 28.8 Å². The molecular weight excluding hydrogens is 252 g/mol. The summed E-state index contributed by atoms with van der Waals surface area (Å²) in [5, 5.41) is 8.94. The Morgan fingerprint density at radius 2 is 1.05 bits per heavy atom. The Morgan fingerprint density at radius 3 is 1.42 bits per heavy atom. The van der Waals surface area contributed by atoms with Gasteiger partial charge in [-0.1, -0.05) is 0 Å². The lowest BCUT2D eigenvalue weighted by molar-refractivity contribution is -0.0185. The molecule has 6 heteroatoms. The van der Waals surface area contributed by atoms with E-state index in [4.69, 9.17) is 28.8 Å². The van der Waals surface area contributed by atoms with E-state index in [1.54, 1.807) is 6.92 Å². The van der Waals surface area contributed by atoms with Crippen LogP contribution in [0.3, 0.4) is 0 Å². The molecule has 1 unspecified atom stereocenters. The van der Waals surface area contributed by atoms with Crippen LogP contribution in [0.25, 0.3) is 0 Å². The maximum Gasteiger partial charge on any atom is 0.0745 e. The standard InChI is InChI=1S/C13H28O6/c1-3-15-4-5-16-6-7-17-8-9-18-10-11-19-12-13(2)14/h13-14H,3-12H2,1-2H3. The summed E-state index contributed by atoms with van der Waals surface area (Å²) in [6.07, 6.45) is -0.425. The van der Waals surface area contributed by atoms with Gasteiger partial charge in [-0.2, -0.15) is 0 Å². The predicted molar refractivity (Wildman–Crippen MR) is 71.4 cm³/mol. The van der Waals surface area contributed by atoms with Crippen molar-refractivity contribution in [1.82, 2.24) is 0 Å². The average molecular weight is 280 g/mol. The van der Waals surface area contributed by atoms with E-state index in [-0.39, 0.29) is 0 Å². The molecule has 1 N–H and O–H groups in total. The Bertz CT molecular complexity index is 165. The van der Waals surface area contributed by atoms with E-state index >= 15 is 0 Å². The molecule has 0 aromatic rings. The first-order chi connectivity index (χ1) is 9.27. The van der Waals surface area contributed by atoms with E-state index in [1.807, 2.05) is 6.92 Å². The summed E-state index contributed by atoms with van der Waals surface area (Å²) in [5.74, 6) is 0. The van der Waals surface area contributed by atoms with Crippen molar-refractivity contribution in [1.29, 1.82) is 0 Å². The first-order valence-electron chi connectivity index (χ1n) is 6.84. The molecule has 0 aliphatic rings. The van der Waals surface area contributed by atoms with Crippen molar-refractivity contribution in [3.63, 3.8) is 0 Å². The van der Waals surface area contributed by atoms with E-state index in [9.17, 15) is 0 Å². The van der Waals surface area contributed by atoms with Crippen LogP contribution >= 0.6 is 0 Å². The lowest BCUT2D eigenvalue weighted by Gasteiger charge is -2.08. The highest BCUT2D eigenvalue weighted by Crippen LogP contribution is 1.85. The SMILES string of the molecule is CCOCCOCCOCCOCCOCC(C)O. The third-order valence-electron chi connectivity index (χ3n) is 2.05. The Balaban J connectivity index is 2.91. The molecule has 0 radical (unpaired) electrons. The molecular formula is C13H28O6. The minimum Gasteiger partial charge on any atom is -0.391 e. The predicted octanol–water partition coefficient (Wildman–Crippen LogP) is 0.470.